The SMILES string of the molecule is Cc1[nH]n(-c2cc(Cl)ccc2Cl)c(=O)c1C=NN1C(=O)c2ccc3c4c(ccc(c24)C1=O)CC3. The van der Waals surface area contributed by atoms with Crippen LogP contribution in [-0.4, -0.2) is 32.8 Å². The second kappa shape index (κ2) is 7.41. The van der Waals surface area contributed by atoms with Crippen molar-refractivity contribution in [2.45, 2.75) is 19.8 Å². The van der Waals surface area contributed by atoms with Crippen molar-refractivity contribution in [3.05, 3.63) is 96.4 Å². The highest BCUT2D eigenvalue weighted by Gasteiger charge is 2.35. The third kappa shape index (κ3) is 2.90. The second-order valence-corrected chi connectivity index (χ2v) is 9.19. The van der Waals surface area contributed by atoms with Gasteiger partial charge < -0.3 is 0 Å². The Hall–Kier alpha value is -3.68. The Bertz CT molecular complexity index is 1610. The molecule has 2 aliphatic rings. The molecular weight excluding hydrogens is 475 g/mol. The maximum absolute atomic E-state index is 13.2. The first kappa shape index (κ1) is 20.9. The van der Waals surface area contributed by atoms with Gasteiger partial charge in [0.1, 0.15) is 0 Å². The quantitative estimate of drug-likeness (QED) is 0.334. The maximum atomic E-state index is 13.2. The zero-order valence-corrected chi connectivity index (χ0v) is 19.4. The fraction of sp³-hybridized carbons (Fsp3) is 0.120. The average molecular weight is 491 g/mol. The van der Waals surface area contributed by atoms with Gasteiger partial charge in [0.2, 0.25) is 0 Å². The van der Waals surface area contributed by atoms with Crippen LogP contribution < -0.4 is 5.56 Å². The largest absolute Gasteiger partial charge is 0.295 e. The van der Waals surface area contributed by atoms with Crippen molar-refractivity contribution in [1.82, 2.24) is 14.8 Å². The molecule has 7 nitrogen and oxygen atoms in total. The summed E-state index contributed by atoms with van der Waals surface area (Å²) in [6.45, 7) is 1.69. The molecule has 0 fully saturated rings. The molecule has 2 amide bonds. The molecule has 2 heterocycles. The molecule has 1 aliphatic carbocycles. The van der Waals surface area contributed by atoms with Crippen molar-refractivity contribution in [3.63, 3.8) is 0 Å². The smallest absolute Gasteiger partial charge is 0.282 e. The Morgan fingerprint density at radius 3 is 2.21 bits per heavy atom. The first-order valence-electron chi connectivity index (χ1n) is 10.6. The number of halogens is 2. The van der Waals surface area contributed by atoms with Crippen LogP contribution in [0.1, 0.15) is 43.1 Å². The molecule has 1 N–H and O–H groups in total. The minimum absolute atomic E-state index is 0.191. The van der Waals surface area contributed by atoms with Crippen LogP contribution in [0.15, 0.2) is 52.4 Å². The third-order valence-electron chi connectivity index (χ3n) is 6.41. The highest BCUT2D eigenvalue weighted by Crippen LogP contribution is 2.38. The molecule has 34 heavy (non-hydrogen) atoms. The molecule has 0 spiro atoms. The van der Waals surface area contributed by atoms with E-state index in [1.165, 1.54) is 10.9 Å². The number of carbonyl (C=O) groups excluding carboxylic acids is 2. The molecule has 3 aromatic carbocycles. The predicted molar refractivity (Wildman–Crippen MR) is 131 cm³/mol. The molecule has 0 bridgehead atoms. The number of aromatic amines is 1. The Balaban J connectivity index is 1.42. The zero-order valence-electron chi connectivity index (χ0n) is 17.9. The van der Waals surface area contributed by atoms with Crippen molar-refractivity contribution in [2.24, 2.45) is 5.10 Å². The summed E-state index contributed by atoms with van der Waals surface area (Å²) in [7, 11) is 0. The molecule has 0 atom stereocenters. The summed E-state index contributed by atoms with van der Waals surface area (Å²) < 4.78 is 1.25. The number of rotatable bonds is 3. The van der Waals surface area contributed by atoms with E-state index in [0.717, 1.165) is 34.4 Å². The molecule has 6 rings (SSSR count). The Morgan fingerprint density at radius 1 is 0.912 bits per heavy atom. The molecule has 0 saturated carbocycles. The summed E-state index contributed by atoms with van der Waals surface area (Å²) in [6.07, 6.45) is 3.02. The standard InChI is InChI=1S/C25H16Cl2N4O3/c1-12-18(25(34)30(29-12)20-10-15(26)6-9-19(20)27)11-28-31-23(32)16-7-4-13-2-3-14-5-8-17(24(31)33)22(16)21(13)14/h4-11,29H,2-3H2,1H3. The van der Waals surface area contributed by atoms with Crippen LogP contribution in [0.5, 0.6) is 0 Å². The number of carbonyl (C=O) groups is 2. The summed E-state index contributed by atoms with van der Waals surface area (Å²) in [6, 6.07) is 12.2. The molecular formula is C25H16Cl2N4O3. The monoisotopic (exact) mass is 490 g/mol. The minimum atomic E-state index is -0.518. The van der Waals surface area contributed by atoms with Crippen molar-refractivity contribution in [3.8, 4) is 5.69 Å². The highest BCUT2D eigenvalue weighted by atomic mass is 35.5. The molecule has 9 heteroatoms. The summed E-state index contributed by atoms with van der Waals surface area (Å²) in [4.78, 5) is 39.5. The number of hydrogen-bond acceptors (Lipinski definition) is 4. The normalized spacial score (nSPS) is 14.7. The van der Waals surface area contributed by atoms with E-state index < -0.39 is 17.4 Å². The van der Waals surface area contributed by atoms with Crippen LogP contribution in [0.4, 0.5) is 0 Å². The average Bonchev–Trinajstić information content (AvgIpc) is 3.37. The number of hydrazone groups is 1. The van der Waals surface area contributed by atoms with Crippen molar-refractivity contribution >= 4 is 52.0 Å². The van der Waals surface area contributed by atoms with Gasteiger partial charge in [0.05, 0.1) is 33.6 Å². The molecule has 0 radical (unpaired) electrons. The number of benzene rings is 3. The van der Waals surface area contributed by atoms with E-state index >= 15 is 0 Å². The lowest BCUT2D eigenvalue weighted by Gasteiger charge is -2.23. The fourth-order valence-electron chi connectivity index (χ4n) is 4.76. The van der Waals surface area contributed by atoms with E-state index in [4.69, 9.17) is 23.2 Å². The lowest BCUT2D eigenvalue weighted by molar-refractivity contribution is 0.0616. The number of H-pyrrole nitrogens is 1. The van der Waals surface area contributed by atoms with Gasteiger partial charge in [-0.05, 0) is 66.6 Å². The molecule has 1 aliphatic heterocycles. The Kier molecular flexibility index (Phi) is 4.56. The predicted octanol–water partition coefficient (Wildman–Crippen LogP) is 4.66. The van der Waals surface area contributed by atoms with Crippen molar-refractivity contribution < 1.29 is 9.59 Å². The summed E-state index contributed by atoms with van der Waals surface area (Å²) >= 11 is 12.3. The lowest BCUT2D eigenvalue weighted by atomic mass is 9.92. The second-order valence-electron chi connectivity index (χ2n) is 8.35. The van der Waals surface area contributed by atoms with Crippen LogP contribution in [-0.2, 0) is 12.8 Å². The van der Waals surface area contributed by atoms with Gasteiger partial charge in [-0.3, -0.25) is 19.5 Å². The van der Waals surface area contributed by atoms with Crippen LogP contribution in [0.3, 0.4) is 0 Å². The molecule has 1 aromatic heterocycles. The molecule has 0 unspecified atom stereocenters. The summed E-state index contributed by atoms with van der Waals surface area (Å²) in [5.74, 6) is -1.04. The van der Waals surface area contributed by atoms with Gasteiger partial charge in [-0.1, -0.05) is 35.3 Å². The number of hydrogen-bond donors (Lipinski definition) is 1. The molecule has 168 valence electrons. The number of aryl methyl sites for hydroxylation is 3. The van der Waals surface area contributed by atoms with Crippen LogP contribution >= 0.6 is 23.2 Å². The van der Waals surface area contributed by atoms with E-state index in [-0.39, 0.29) is 5.56 Å². The first-order chi connectivity index (χ1) is 16.3. The number of aromatic nitrogens is 2. The number of imide groups is 1. The van der Waals surface area contributed by atoms with Crippen LogP contribution in [0.2, 0.25) is 10.0 Å². The van der Waals surface area contributed by atoms with E-state index in [1.54, 1.807) is 37.3 Å². The zero-order chi connectivity index (χ0) is 23.7. The van der Waals surface area contributed by atoms with Gasteiger partial charge in [0, 0.05) is 16.1 Å². The summed E-state index contributed by atoms with van der Waals surface area (Å²) in [5.41, 5.74) is 3.79. The molecule has 0 saturated heterocycles. The number of nitrogens with one attached hydrogen (secondary N) is 1. The van der Waals surface area contributed by atoms with E-state index in [1.807, 2.05) is 12.1 Å². The minimum Gasteiger partial charge on any atom is -0.295 e. The summed E-state index contributed by atoms with van der Waals surface area (Å²) in [5, 5.41) is 10.4. The number of amides is 2. The van der Waals surface area contributed by atoms with E-state index in [9.17, 15) is 14.4 Å². The third-order valence-corrected chi connectivity index (χ3v) is 6.97. The van der Waals surface area contributed by atoms with Crippen molar-refractivity contribution in [1.29, 1.82) is 0 Å². The van der Waals surface area contributed by atoms with Gasteiger partial charge in [0.15, 0.2) is 0 Å². The highest BCUT2D eigenvalue weighted by molar-refractivity contribution is 6.34. The van der Waals surface area contributed by atoms with Gasteiger partial charge in [0.25, 0.3) is 17.4 Å². The topological polar surface area (TPSA) is 87.5 Å². The fourth-order valence-corrected chi connectivity index (χ4v) is 5.13. The van der Waals surface area contributed by atoms with Crippen LogP contribution in [0, 0.1) is 6.92 Å². The van der Waals surface area contributed by atoms with Crippen LogP contribution in [0.25, 0.3) is 16.5 Å². The van der Waals surface area contributed by atoms with E-state index in [2.05, 4.69) is 10.2 Å². The Labute approximate surface area is 203 Å². The Morgan fingerprint density at radius 2 is 1.56 bits per heavy atom. The first-order valence-corrected chi connectivity index (χ1v) is 11.4. The van der Waals surface area contributed by atoms with Gasteiger partial charge in [-0.15, -0.1) is 0 Å². The van der Waals surface area contributed by atoms with Gasteiger partial charge >= 0.3 is 0 Å². The van der Waals surface area contributed by atoms with Gasteiger partial charge in [-0.25, -0.2) is 4.68 Å². The molecule has 4 aromatic rings. The van der Waals surface area contributed by atoms with Gasteiger partial charge in [-0.2, -0.15) is 10.1 Å². The lowest BCUT2D eigenvalue weighted by Crippen LogP contribution is -2.36. The van der Waals surface area contributed by atoms with Crippen molar-refractivity contribution in [2.75, 3.05) is 0 Å². The maximum Gasteiger partial charge on any atom is 0.282 e. The number of nitrogens with zero attached hydrogens (tertiary/aromatic N) is 3. The van der Waals surface area contributed by atoms with E-state index in [0.29, 0.717) is 37.9 Å².